The van der Waals surface area contributed by atoms with Gasteiger partial charge in [-0.1, -0.05) is 18.2 Å². The number of aryl methyl sites for hydroxylation is 1. The Morgan fingerprint density at radius 1 is 1.16 bits per heavy atom. The Kier molecular flexibility index (Phi) is 6.69. The van der Waals surface area contributed by atoms with Gasteiger partial charge in [-0.15, -0.1) is 5.10 Å². The van der Waals surface area contributed by atoms with Crippen molar-refractivity contribution in [2.45, 2.75) is 44.8 Å². The van der Waals surface area contributed by atoms with Crippen LogP contribution in [0.1, 0.15) is 33.6 Å². The number of imidazole rings is 1. The minimum absolute atomic E-state index is 0.208. The number of pyridine rings is 1. The molecule has 12 heteroatoms. The van der Waals surface area contributed by atoms with E-state index in [1.807, 2.05) is 49.4 Å². The molecule has 3 aliphatic rings. The fourth-order valence-corrected chi connectivity index (χ4v) is 5.48. The molecule has 1 aliphatic carbocycles. The van der Waals surface area contributed by atoms with Crippen LogP contribution in [0.3, 0.4) is 0 Å². The molecule has 4 aromatic rings. The van der Waals surface area contributed by atoms with Gasteiger partial charge >= 0.3 is 0 Å². The highest BCUT2D eigenvalue weighted by Crippen LogP contribution is 2.38. The number of allylic oxidation sites excluding steroid dienone is 2. The zero-order valence-corrected chi connectivity index (χ0v) is 23.7. The van der Waals surface area contributed by atoms with Crippen LogP contribution in [0.25, 0.3) is 5.65 Å². The second kappa shape index (κ2) is 10.7. The van der Waals surface area contributed by atoms with Gasteiger partial charge < -0.3 is 30.3 Å². The number of carbonyl (C=O) groups excluding carboxylic acids is 1. The molecule has 0 saturated heterocycles. The van der Waals surface area contributed by atoms with E-state index in [4.69, 9.17) is 9.84 Å². The maximum absolute atomic E-state index is 13.6. The van der Waals surface area contributed by atoms with Crippen molar-refractivity contribution in [2.24, 2.45) is 0 Å². The van der Waals surface area contributed by atoms with Gasteiger partial charge in [-0.25, -0.2) is 18.9 Å². The second-order valence-corrected chi connectivity index (χ2v) is 11.0. The number of amides is 1. The summed E-state index contributed by atoms with van der Waals surface area (Å²) in [5, 5.41) is 22.2. The summed E-state index contributed by atoms with van der Waals surface area (Å²) in [5.74, 6) is 1.44. The third kappa shape index (κ3) is 5.03. The normalized spacial score (nSPS) is 20.7. The van der Waals surface area contributed by atoms with Crippen molar-refractivity contribution < 1.29 is 19.0 Å². The number of rotatable bonds is 8. The van der Waals surface area contributed by atoms with E-state index in [1.165, 1.54) is 10.7 Å². The van der Waals surface area contributed by atoms with Crippen molar-refractivity contribution >= 4 is 28.9 Å². The average Bonchev–Trinajstić information content (AvgIpc) is 3.35. The highest BCUT2D eigenvalue weighted by atomic mass is 19.1. The highest BCUT2D eigenvalue weighted by Gasteiger charge is 2.39. The molecule has 5 heterocycles. The molecular weight excluding hydrogens is 551 g/mol. The maximum atomic E-state index is 13.6. The smallest absolute Gasteiger partial charge is 0.271 e. The van der Waals surface area contributed by atoms with Gasteiger partial charge in [0.05, 0.1) is 30.7 Å². The van der Waals surface area contributed by atoms with Gasteiger partial charge in [0.1, 0.15) is 17.7 Å². The number of aliphatic hydroxyl groups is 1. The van der Waals surface area contributed by atoms with Gasteiger partial charge in [-0.05, 0) is 54.8 Å². The van der Waals surface area contributed by atoms with Crippen molar-refractivity contribution in [3.63, 3.8) is 0 Å². The lowest BCUT2D eigenvalue weighted by Crippen LogP contribution is -2.37. The standard InChI is InChI=1S/C31H31FN8O3/c1-18-5-10-26(33-15-18)39-12-3-4-23(31(39)42)35-28-21-11-13-38(17-19-6-8-20(43-2)9-7-19)27(21)29-34-16-25(40(29)37-28)30(41)36-24-14-22(24)32/h3-10,12,15-16,22,24,31,42H,11,13-14,17H2,1-2H3,(H,35,37)(H,36,41)/t22-,24+,31?/m0/s1. The lowest BCUT2D eigenvalue weighted by atomic mass is 10.2. The number of aromatic nitrogens is 4. The zero-order chi connectivity index (χ0) is 29.7. The number of anilines is 3. The molecule has 3 atom stereocenters. The summed E-state index contributed by atoms with van der Waals surface area (Å²) in [6, 6.07) is 11.2. The van der Waals surface area contributed by atoms with Gasteiger partial charge in [0.15, 0.2) is 23.4 Å². The van der Waals surface area contributed by atoms with Crippen LogP contribution in [0.4, 0.5) is 21.7 Å². The summed E-state index contributed by atoms with van der Waals surface area (Å²) in [6.07, 6.45) is 7.50. The molecule has 0 radical (unpaired) electrons. The van der Waals surface area contributed by atoms with E-state index in [2.05, 4.69) is 25.5 Å². The number of nitrogens with zero attached hydrogens (tertiary/aromatic N) is 6. The molecule has 1 saturated carbocycles. The fourth-order valence-electron chi connectivity index (χ4n) is 5.48. The molecular formula is C31H31FN8O3. The van der Waals surface area contributed by atoms with E-state index in [9.17, 15) is 14.3 Å². The quantitative estimate of drug-likeness (QED) is 0.287. The molecule has 1 fully saturated rings. The molecule has 11 nitrogen and oxygen atoms in total. The number of alkyl halides is 1. The summed E-state index contributed by atoms with van der Waals surface area (Å²) in [6.45, 7) is 3.27. The number of hydrogen-bond donors (Lipinski definition) is 3. The number of fused-ring (bicyclic) bond motifs is 3. The SMILES string of the molecule is COc1ccc(CN2CCc3c(NC4=CC=CN(c5ccc(C)cn5)C4O)nn4c(C(=O)N[C@@H]5C[C@@H]5F)cnc4c32)cc1. The summed E-state index contributed by atoms with van der Waals surface area (Å²) in [7, 11) is 1.64. The third-order valence-electron chi connectivity index (χ3n) is 7.95. The van der Waals surface area contributed by atoms with E-state index in [-0.39, 0.29) is 5.69 Å². The molecule has 43 heavy (non-hydrogen) atoms. The van der Waals surface area contributed by atoms with Crippen LogP contribution in [0.5, 0.6) is 5.75 Å². The Hall–Kier alpha value is -4.97. The van der Waals surface area contributed by atoms with E-state index < -0.39 is 24.3 Å². The van der Waals surface area contributed by atoms with Crippen LogP contribution >= 0.6 is 0 Å². The van der Waals surface area contributed by atoms with E-state index in [0.717, 1.165) is 28.1 Å². The summed E-state index contributed by atoms with van der Waals surface area (Å²) >= 11 is 0. The average molecular weight is 583 g/mol. The second-order valence-electron chi connectivity index (χ2n) is 11.0. The maximum Gasteiger partial charge on any atom is 0.271 e. The highest BCUT2D eigenvalue weighted by molar-refractivity contribution is 5.95. The third-order valence-corrected chi connectivity index (χ3v) is 7.95. The van der Waals surface area contributed by atoms with Crippen molar-refractivity contribution in [1.29, 1.82) is 0 Å². The Balaban J connectivity index is 1.25. The first kappa shape index (κ1) is 26.9. The predicted octanol–water partition coefficient (Wildman–Crippen LogP) is 3.49. The molecule has 1 amide bonds. The monoisotopic (exact) mass is 582 g/mol. The van der Waals surface area contributed by atoms with Gasteiger partial charge in [-0.2, -0.15) is 0 Å². The molecule has 0 bridgehead atoms. The molecule has 220 valence electrons. The number of benzene rings is 1. The van der Waals surface area contributed by atoms with E-state index in [0.29, 0.717) is 48.9 Å². The number of nitrogens with one attached hydrogen (secondary N) is 2. The number of aliphatic hydroxyl groups excluding tert-OH is 1. The van der Waals surface area contributed by atoms with Crippen molar-refractivity contribution in [2.75, 3.05) is 28.8 Å². The van der Waals surface area contributed by atoms with Crippen LogP contribution in [-0.2, 0) is 13.0 Å². The number of ether oxygens (including phenoxy) is 1. The van der Waals surface area contributed by atoms with Gasteiger partial charge in [0, 0.05) is 37.5 Å². The van der Waals surface area contributed by atoms with Crippen molar-refractivity contribution in [1.82, 2.24) is 24.9 Å². The van der Waals surface area contributed by atoms with Crippen molar-refractivity contribution in [3.05, 3.63) is 95.2 Å². The number of carbonyl (C=O) groups is 1. The first-order chi connectivity index (χ1) is 20.9. The largest absolute Gasteiger partial charge is 0.497 e. The number of halogens is 1. The summed E-state index contributed by atoms with van der Waals surface area (Å²) < 4.78 is 20.4. The molecule has 3 aromatic heterocycles. The summed E-state index contributed by atoms with van der Waals surface area (Å²) in [4.78, 5) is 26.1. The molecule has 1 aromatic carbocycles. The Labute approximate surface area is 247 Å². The van der Waals surface area contributed by atoms with Crippen LogP contribution < -0.4 is 25.2 Å². The first-order valence-electron chi connectivity index (χ1n) is 14.2. The lowest BCUT2D eigenvalue weighted by molar-refractivity contribution is 0.0940. The van der Waals surface area contributed by atoms with Gasteiger partial charge in [-0.3, -0.25) is 4.79 Å². The first-order valence-corrected chi connectivity index (χ1v) is 14.2. The van der Waals surface area contributed by atoms with E-state index in [1.54, 1.807) is 30.5 Å². The Morgan fingerprint density at radius 3 is 2.70 bits per heavy atom. The zero-order valence-electron chi connectivity index (χ0n) is 23.7. The van der Waals surface area contributed by atoms with Crippen LogP contribution in [0.15, 0.2) is 72.8 Å². The minimum Gasteiger partial charge on any atom is -0.497 e. The molecule has 1 unspecified atom stereocenters. The van der Waals surface area contributed by atoms with Gasteiger partial charge in [0.2, 0.25) is 0 Å². The molecule has 0 spiro atoms. The van der Waals surface area contributed by atoms with Crippen LogP contribution in [-0.4, -0.2) is 62.7 Å². The fraction of sp³-hybridized carbons (Fsp3) is 0.290. The van der Waals surface area contributed by atoms with Crippen LogP contribution in [0.2, 0.25) is 0 Å². The topological polar surface area (TPSA) is 120 Å². The van der Waals surface area contributed by atoms with E-state index >= 15 is 0 Å². The summed E-state index contributed by atoms with van der Waals surface area (Å²) in [5.41, 5.74) is 5.11. The lowest BCUT2D eigenvalue weighted by Gasteiger charge is -2.30. The molecule has 2 aliphatic heterocycles. The predicted molar refractivity (Wildman–Crippen MR) is 160 cm³/mol. The Morgan fingerprint density at radius 2 is 1.98 bits per heavy atom. The molecule has 7 rings (SSSR count). The number of hydrogen-bond acceptors (Lipinski definition) is 9. The van der Waals surface area contributed by atoms with Gasteiger partial charge in [0.25, 0.3) is 5.91 Å². The number of methoxy groups -OCH3 is 1. The van der Waals surface area contributed by atoms with Crippen molar-refractivity contribution in [3.8, 4) is 5.75 Å². The molecule has 3 N–H and O–H groups in total. The van der Waals surface area contributed by atoms with Crippen LogP contribution in [0, 0.1) is 6.92 Å². The Bertz CT molecular complexity index is 1750. The minimum atomic E-state index is -1.05.